The highest BCUT2D eigenvalue weighted by molar-refractivity contribution is 9.09. The maximum atomic E-state index is 12.3. The zero-order valence-corrected chi connectivity index (χ0v) is 14.8. The Bertz CT molecular complexity index is 365. The van der Waals surface area contributed by atoms with Crippen molar-refractivity contribution in [1.82, 2.24) is 4.90 Å². The number of likely N-dealkylation sites (tertiary alicyclic amines) is 1. The number of hydrogen-bond acceptors (Lipinski definition) is 4. The van der Waals surface area contributed by atoms with Crippen molar-refractivity contribution < 1.29 is 19.0 Å². The van der Waals surface area contributed by atoms with Crippen molar-refractivity contribution in [1.29, 1.82) is 0 Å². The number of piperidine rings is 1. The topological polar surface area (TPSA) is 48.0 Å². The van der Waals surface area contributed by atoms with Gasteiger partial charge in [-0.25, -0.2) is 4.79 Å². The third kappa shape index (κ3) is 4.83. The minimum Gasteiger partial charge on any atom is -0.444 e. The number of alkyl halides is 1. The molecule has 0 bridgehead atoms. The Kier molecular flexibility index (Phi) is 5.54. The molecule has 2 atom stereocenters. The van der Waals surface area contributed by atoms with E-state index in [4.69, 9.17) is 14.2 Å². The molecule has 122 valence electrons. The maximum Gasteiger partial charge on any atom is 0.410 e. The van der Waals surface area contributed by atoms with E-state index in [0.717, 1.165) is 37.7 Å². The van der Waals surface area contributed by atoms with Crippen molar-refractivity contribution in [2.24, 2.45) is 0 Å². The molecule has 21 heavy (non-hydrogen) atoms. The van der Waals surface area contributed by atoms with Crippen LogP contribution in [0.5, 0.6) is 0 Å². The Labute approximate surface area is 135 Å². The van der Waals surface area contributed by atoms with E-state index in [-0.39, 0.29) is 17.8 Å². The largest absolute Gasteiger partial charge is 0.444 e. The van der Waals surface area contributed by atoms with Gasteiger partial charge in [0, 0.05) is 18.5 Å². The first-order valence-electron chi connectivity index (χ1n) is 7.63. The molecule has 2 aliphatic rings. The number of hydrogen-bond donors (Lipinski definition) is 0. The lowest BCUT2D eigenvalue weighted by molar-refractivity contribution is -0.112. The summed E-state index contributed by atoms with van der Waals surface area (Å²) in [7, 11) is 0. The molecule has 2 unspecified atom stereocenters. The van der Waals surface area contributed by atoms with Gasteiger partial charge in [0.15, 0.2) is 0 Å². The molecule has 0 radical (unpaired) electrons. The summed E-state index contributed by atoms with van der Waals surface area (Å²) in [5, 5.41) is 0.718. The lowest BCUT2D eigenvalue weighted by Crippen LogP contribution is -2.55. The summed E-state index contributed by atoms with van der Waals surface area (Å²) < 4.78 is 17.1. The van der Waals surface area contributed by atoms with Crippen LogP contribution in [0.3, 0.4) is 0 Å². The minimum absolute atomic E-state index is 0.140. The van der Waals surface area contributed by atoms with Crippen LogP contribution in [0, 0.1) is 0 Å². The van der Waals surface area contributed by atoms with Gasteiger partial charge in [0.05, 0.1) is 24.9 Å². The van der Waals surface area contributed by atoms with Crippen LogP contribution < -0.4 is 0 Å². The van der Waals surface area contributed by atoms with Crippen LogP contribution in [-0.4, -0.2) is 59.9 Å². The van der Waals surface area contributed by atoms with Gasteiger partial charge in [0.25, 0.3) is 0 Å². The molecule has 2 heterocycles. The number of amides is 1. The van der Waals surface area contributed by atoms with Crippen LogP contribution in [0.4, 0.5) is 4.79 Å². The van der Waals surface area contributed by atoms with E-state index >= 15 is 0 Å². The van der Waals surface area contributed by atoms with Gasteiger partial charge in [-0.3, -0.25) is 0 Å². The van der Waals surface area contributed by atoms with Crippen molar-refractivity contribution in [3.63, 3.8) is 0 Å². The van der Waals surface area contributed by atoms with Crippen LogP contribution in [0.1, 0.15) is 40.0 Å². The van der Waals surface area contributed by atoms with Crippen molar-refractivity contribution in [3.05, 3.63) is 0 Å². The molecule has 0 aromatic rings. The first-order valence-corrected chi connectivity index (χ1v) is 8.75. The highest BCUT2D eigenvalue weighted by atomic mass is 79.9. The minimum atomic E-state index is -0.467. The zero-order valence-electron chi connectivity index (χ0n) is 13.2. The van der Waals surface area contributed by atoms with Crippen LogP contribution >= 0.6 is 15.9 Å². The average molecular weight is 364 g/mol. The monoisotopic (exact) mass is 363 g/mol. The van der Waals surface area contributed by atoms with Crippen LogP contribution in [0.25, 0.3) is 0 Å². The molecule has 1 amide bonds. The quantitative estimate of drug-likeness (QED) is 0.723. The standard InChI is InChI=1S/C15H26BrNO4/c1-14(2,3)21-13(18)17-7-4-6-15(10-16,11-17)20-12-5-8-19-9-12/h12H,4-11H2,1-3H3. The van der Waals surface area contributed by atoms with Gasteiger partial charge in [-0.2, -0.15) is 0 Å². The predicted octanol–water partition coefficient (Wildman–Crippen LogP) is 2.96. The van der Waals surface area contributed by atoms with Crippen molar-refractivity contribution in [2.75, 3.05) is 31.6 Å². The second-order valence-electron chi connectivity index (χ2n) is 6.93. The molecule has 2 fully saturated rings. The summed E-state index contributed by atoms with van der Waals surface area (Å²) in [5.41, 5.74) is -0.792. The number of carbonyl (C=O) groups excluding carboxylic acids is 1. The first kappa shape index (κ1) is 17.0. The highest BCUT2D eigenvalue weighted by Gasteiger charge is 2.41. The highest BCUT2D eigenvalue weighted by Crippen LogP contribution is 2.31. The molecule has 5 nitrogen and oxygen atoms in total. The number of ether oxygens (including phenoxy) is 3. The third-order valence-electron chi connectivity index (χ3n) is 3.74. The third-order valence-corrected chi connectivity index (χ3v) is 4.76. The molecular formula is C15H26BrNO4. The van der Waals surface area contributed by atoms with E-state index in [1.165, 1.54) is 0 Å². The number of carbonyl (C=O) groups is 1. The smallest absolute Gasteiger partial charge is 0.410 e. The van der Waals surface area contributed by atoms with Crippen molar-refractivity contribution >= 4 is 22.0 Å². The molecule has 0 saturated carbocycles. The van der Waals surface area contributed by atoms with Gasteiger partial charge < -0.3 is 19.1 Å². The Morgan fingerprint density at radius 3 is 2.81 bits per heavy atom. The molecular weight excluding hydrogens is 338 g/mol. The normalized spacial score (nSPS) is 30.5. The predicted molar refractivity (Wildman–Crippen MR) is 83.9 cm³/mol. The second kappa shape index (κ2) is 6.84. The van der Waals surface area contributed by atoms with E-state index in [9.17, 15) is 4.79 Å². The molecule has 2 rings (SSSR count). The van der Waals surface area contributed by atoms with E-state index < -0.39 is 5.60 Å². The first-order chi connectivity index (χ1) is 9.84. The summed E-state index contributed by atoms with van der Waals surface area (Å²) in [6.07, 6.45) is 2.70. The number of nitrogens with zero attached hydrogens (tertiary/aromatic N) is 1. The average Bonchev–Trinajstić information content (AvgIpc) is 2.90. The van der Waals surface area contributed by atoms with Gasteiger partial charge in [0.2, 0.25) is 0 Å². The summed E-state index contributed by atoms with van der Waals surface area (Å²) in [6.45, 7) is 8.38. The van der Waals surface area contributed by atoms with Gasteiger partial charge >= 0.3 is 6.09 Å². The fourth-order valence-corrected chi connectivity index (χ4v) is 3.37. The Morgan fingerprint density at radius 1 is 1.48 bits per heavy atom. The Hall–Kier alpha value is -0.330. The van der Waals surface area contributed by atoms with Gasteiger partial charge in [0.1, 0.15) is 5.60 Å². The molecule has 0 aliphatic carbocycles. The molecule has 0 N–H and O–H groups in total. The second-order valence-corrected chi connectivity index (χ2v) is 7.49. The van der Waals surface area contributed by atoms with E-state index in [1.807, 2.05) is 20.8 Å². The summed E-state index contributed by atoms with van der Waals surface area (Å²) in [6, 6.07) is 0. The molecule has 0 aromatic heterocycles. The molecule has 2 saturated heterocycles. The fourth-order valence-electron chi connectivity index (χ4n) is 2.78. The molecule has 0 aromatic carbocycles. The zero-order chi connectivity index (χ0) is 15.5. The summed E-state index contributed by atoms with van der Waals surface area (Å²) >= 11 is 3.57. The Morgan fingerprint density at radius 2 is 2.24 bits per heavy atom. The van der Waals surface area contributed by atoms with Gasteiger partial charge in [-0.1, -0.05) is 15.9 Å². The fraction of sp³-hybridized carbons (Fsp3) is 0.933. The summed E-state index contributed by atoms with van der Waals surface area (Å²) in [4.78, 5) is 14.0. The maximum absolute atomic E-state index is 12.3. The van der Waals surface area contributed by atoms with Crippen LogP contribution in [0.2, 0.25) is 0 Å². The number of halogens is 1. The van der Waals surface area contributed by atoms with E-state index in [1.54, 1.807) is 4.90 Å². The van der Waals surface area contributed by atoms with Crippen LogP contribution in [-0.2, 0) is 14.2 Å². The van der Waals surface area contributed by atoms with Gasteiger partial charge in [-0.15, -0.1) is 0 Å². The van der Waals surface area contributed by atoms with E-state index in [0.29, 0.717) is 13.2 Å². The van der Waals surface area contributed by atoms with Crippen LogP contribution in [0.15, 0.2) is 0 Å². The number of rotatable bonds is 3. The molecule has 0 spiro atoms. The lowest BCUT2D eigenvalue weighted by atomic mass is 9.94. The lowest BCUT2D eigenvalue weighted by Gasteiger charge is -2.43. The van der Waals surface area contributed by atoms with Crippen molar-refractivity contribution in [3.8, 4) is 0 Å². The molecule has 6 heteroatoms. The van der Waals surface area contributed by atoms with Crippen molar-refractivity contribution in [2.45, 2.75) is 57.3 Å². The Balaban J connectivity index is 1.98. The molecule has 2 aliphatic heterocycles. The summed E-state index contributed by atoms with van der Waals surface area (Å²) in [5.74, 6) is 0. The van der Waals surface area contributed by atoms with Gasteiger partial charge in [-0.05, 0) is 40.0 Å². The van der Waals surface area contributed by atoms with E-state index in [2.05, 4.69) is 15.9 Å². The SMILES string of the molecule is CC(C)(C)OC(=O)N1CCCC(CBr)(OC2CCOC2)C1.